The van der Waals surface area contributed by atoms with Crippen LogP contribution in [0.1, 0.15) is 96.3 Å². The molecule has 33 heavy (non-hydrogen) atoms. The third kappa shape index (κ3) is 6.09. The average Bonchev–Trinajstić information content (AvgIpc) is 3.32. The monoisotopic (exact) mass is 459 g/mol. The zero-order chi connectivity index (χ0) is 23.3. The minimum absolute atomic E-state index is 0.105. The third-order valence-electron chi connectivity index (χ3n) is 8.74. The lowest BCUT2D eigenvalue weighted by Gasteiger charge is -2.37. The third-order valence-corrected chi connectivity index (χ3v) is 8.74. The molecule has 0 spiro atoms. The van der Waals surface area contributed by atoms with Crippen molar-refractivity contribution < 1.29 is 9.59 Å². The molecule has 2 heterocycles. The van der Waals surface area contributed by atoms with E-state index in [0.717, 1.165) is 70.5 Å². The number of likely N-dealkylation sites (N-methyl/N-ethyl adjacent to an activating group) is 1. The van der Waals surface area contributed by atoms with Crippen LogP contribution in [0.15, 0.2) is 0 Å². The Hall–Kier alpha value is -1.63. The molecule has 2 amide bonds. The molecule has 0 radical (unpaired) electrons. The van der Waals surface area contributed by atoms with Crippen molar-refractivity contribution in [1.82, 2.24) is 20.4 Å². The summed E-state index contributed by atoms with van der Waals surface area (Å²) in [4.78, 5) is 28.6. The molecule has 3 N–H and O–H groups in total. The van der Waals surface area contributed by atoms with Crippen LogP contribution in [0, 0.1) is 17.2 Å². The van der Waals surface area contributed by atoms with Crippen LogP contribution in [0.2, 0.25) is 0 Å². The fraction of sp³-hybridized carbons (Fsp3) is 0.885. The maximum atomic E-state index is 13.3. The van der Waals surface area contributed by atoms with Gasteiger partial charge in [0.1, 0.15) is 5.54 Å². The van der Waals surface area contributed by atoms with Crippen molar-refractivity contribution in [1.29, 1.82) is 5.41 Å². The van der Waals surface area contributed by atoms with Crippen LogP contribution in [0.25, 0.3) is 0 Å². The van der Waals surface area contributed by atoms with E-state index in [9.17, 15) is 9.59 Å². The van der Waals surface area contributed by atoms with Crippen LogP contribution in [-0.4, -0.2) is 65.8 Å². The molecule has 0 aromatic carbocycles. The highest BCUT2D eigenvalue weighted by Gasteiger charge is 2.49. The van der Waals surface area contributed by atoms with Gasteiger partial charge in [-0.25, -0.2) is 0 Å². The second kappa shape index (κ2) is 11.2. The Morgan fingerprint density at radius 3 is 2.55 bits per heavy atom. The lowest BCUT2D eigenvalue weighted by atomic mass is 9.74. The Bertz CT molecular complexity index is 707. The van der Waals surface area contributed by atoms with E-state index in [4.69, 9.17) is 5.41 Å². The molecule has 7 heteroatoms. The number of nitrogens with zero attached hydrogens (tertiary/aromatic N) is 2. The van der Waals surface area contributed by atoms with Crippen LogP contribution < -0.4 is 10.6 Å². The van der Waals surface area contributed by atoms with Crippen molar-refractivity contribution >= 4 is 17.8 Å². The van der Waals surface area contributed by atoms with E-state index in [1.165, 1.54) is 56.3 Å². The first-order valence-electron chi connectivity index (χ1n) is 13.6. The van der Waals surface area contributed by atoms with E-state index in [2.05, 4.69) is 10.6 Å². The number of carbonyl (C=O) groups excluding carboxylic acids is 2. The van der Waals surface area contributed by atoms with Crippen molar-refractivity contribution in [3.05, 3.63) is 0 Å². The summed E-state index contributed by atoms with van der Waals surface area (Å²) in [5.41, 5.74) is -0.577. The average molecular weight is 460 g/mol. The Morgan fingerprint density at radius 1 is 1.06 bits per heavy atom. The molecule has 4 fully saturated rings. The topological polar surface area (TPSA) is 88.5 Å². The number of carbonyl (C=O) groups is 2. The van der Waals surface area contributed by atoms with Gasteiger partial charge in [-0.1, -0.05) is 44.9 Å². The van der Waals surface area contributed by atoms with Gasteiger partial charge >= 0.3 is 0 Å². The van der Waals surface area contributed by atoms with E-state index < -0.39 is 5.54 Å². The van der Waals surface area contributed by atoms with E-state index in [-0.39, 0.29) is 11.9 Å². The van der Waals surface area contributed by atoms with Gasteiger partial charge in [-0.05, 0) is 63.3 Å². The van der Waals surface area contributed by atoms with Gasteiger partial charge in [-0.15, -0.1) is 0 Å². The highest BCUT2D eigenvalue weighted by molar-refractivity contribution is 6.07. The Balaban J connectivity index is 1.28. The van der Waals surface area contributed by atoms with Crippen molar-refractivity contribution in [3.8, 4) is 0 Å². The Labute approximate surface area is 199 Å². The van der Waals surface area contributed by atoms with E-state index >= 15 is 0 Å². The number of hydrogen-bond acceptors (Lipinski definition) is 4. The van der Waals surface area contributed by atoms with E-state index in [1.807, 2.05) is 4.90 Å². The standard InChI is InChI=1S/C26H45N5O2/c1-30-24(33)26(29-25(30)27,14-13-20-8-3-2-4-9-20)19-21-10-5-11-22(18-21)28-15-7-17-31-16-6-12-23(31)32/h20-22,28H,2-19H2,1H3,(H2,27,29)/t21-,22+,26+/m0/s1. The molecule has 0 bridgehead atoms. The molecule has 2 aliphatic carbocycles. The van der Waals surface area contributed by atoms with Gasteiger partial charge in [0, 0.05) is 32.6 Å². The van der Waals surface area contributed by atoms with Gasteiger partial charge < -0.3 is 15.5 Å². The van der Waals surface area contributed by atoms with Crippen LogP contribution in [-0.2, 0) is 9.59 Å². The molecule has 4 aliphatic rings. The van der Waals surface area contributed by atoms with Gasteiger partial charge in [0.05, 0.1) is 0 Å². The van der Waals surface area contributed by atoms with E-state index in [0.29, 0.717) is 17.9 Å². The minimum atomic E-state index is -0.577. The van der Waals surface area contributed by atoms with Crippen LogP contribution >= 0.6 is 0 Å². The highest BCUT2D eigenvalue weighted by Crippen LogP contribution is 2.38. The van der Waals surface area contributed by atoms with E-state index in [1.54, 1.807) is 7.05 Å². The molecule has 4 rings (SSSR count). The molecule has 3 atom stereocenters. The van der Waals surface area contributed by atoms with Crippen LogP contribution in [0.3, 0.4) is 0 Å². The SMILES string of the molecule is CN1C(=N)N[C@](CCC2CCCCC2)(C[C@H]2CCC[C@@H](NCCCN3CCCC3=O)C2)C1=O. The fourth-order valence-corrected chi connectivity index (χ4v) is 6.79. The predicted octanol–water partition coefficient (Wildman–Crippen LogP) is 3.63. The van der Waals surface area contributed by atoms with Crippen LogP contribution in [0.4, 0.5) is 0 Å². The maximum absolute atomic E-state index is 13.3. The number of amides is 2. The zero-order valence-electron chi connectivity index (χ0n) is 20.7. The highest BCUT2D eigenvalue weighted by atomic mass is 16.2. The molecular formula is C26H45N5O2. The Kier molecular flexibility index (Phi) is 8.31. The molecule has 7 nitrogen and oxygen atoms in total. The normalized spacial score (nSPS) is 31.5. The summed E-state index contributed by atoms with van der Waals surface area (Å²) in [7, 11) is 1.75. The molecule has 186 valence electrons. The minimum Gasteiger partial charge on any atom is -0.343 e. The summed E-state index contributed by atoms with van der Waals surface area (Å²) in [6, 6.07) is 0.502. The summed E-state index contributed by atoms with van der Waals surface area (Å²) >= 11 is 0. The molecular weight excluding hydrogens is 414 g/mol. The molecule has 2 saturated carbocycles. The summed E-state index contributed by atoms with van der Waals surface area (Å²) in [5, 5.41) is 15.4. The maximum Gasteiger partial charge on any atom is 0.254 e. The van der Waals surface area contributed by atoms with Crippen molar-refractivity contribution in [2.45, 2.75) is 108 Å². The van der Waals surface area contributed by atoms with Crippen molar-refractivity contribution in [2.75, 3.05) is 26.7 Å². The smallest absolute Gasteiger partial charge is 0.254 e. The Morgan fingerprint density at radius 2 is 1.85 bits per heavy atom. The van der Waals surface area contributed by atoms with Crippen molar-refractivity contribution in [3.63, 3.8) is 0 Å². The zero-order valence-corrected chi connectivity index (χ0v) is 20.7. The van der Waals surface area contributed by atoms with Gasteiger partial charge in [0.2, 0.25) is 5.91 Å². The second-order valence-corrected chi connectivity index (χ2v) is 11.2. The lowest BCUT2D eigenvalue weighted by molar-refractivity contribution is -0.131. The summed E-state index contributed by atoms with van der Waals surface area (Å²) in [5.74, 6) is 1.95. The predicted molar refractivity (Wildman–Crippen MR) is 131 cm³/mol. The molecule has 2 saturated heterocycles. The number of rotatable bonds is 10. The second-order valence-electron chi connectivity index (χ2n) is 11.2. The quantitative estimate of drug-likeness (QED) is 0.435. The number of hydrogen-bond donors (Lipinski definition) is 3. The largest absolute Gasteiger partial charge is 0.343 e. The van der Waals surface area contributed by atoms with Gasteiger partial charge in [0.15, 0.2) is 5.96 Å². The van der Waals surface area contributed by atoms with Crippen LogP contribution in [0.5, 0.6) is 0 Å². The number of guanidine groups is 1. The summed E-state index contributed by atoms with van der Waals surface area (Å²) in [6.45, 7) is 2.76. The molecule has 0 unspecified atom stereocenters. The molecule has 2 aliphatic heterocycles. The van der Waals surface area contributed by atoms with Gasteiger partial charge in [-0.3, -0.25) is 19.9 Å². The number of nitrogens with one attached hydrogen (secondary N) is 3. The lowest BCUT2D eigenvalue weighted by Crippen LogP contribution is -2.50. The van der Waals surface area contributed by atoms with Gasteiger partial charge in [0.25, 0.3) is 5.91 Å². The summed E-state index contributed by atoms with van der Waals surface area (Å²) < 4.78 is 0. The summed E-state index contributed by atoms with van der Waals surface area (Å²) in [6.07, 6.45) is 16.9. The van der Waals surface area contributed by atoms with Gasteiger partial charge in [-0.2, -0.15) is 0 Å². The first kappa shape index (κ1) is 24.5. The van der Waals surface area contributed by atoms with Crippen molar-refractivity contribution in [2.24, 2.45) is 11.8 Å². The number of likely N-dealkylation sites (tertiary alicyclic amines) is 1. The first-order valence-corrected chi connectivity index (χ1v) is 13.6. The first-order chi connectivity index (χ1) is 16.0. The molecule has 0 aromatic heterocycles. The fourth-order valence-electron chi connectivity index (χ4n) is 6.79. The molecule has 0 aromatic rings.